The maximum atomic E-state index is 11.9. The highest BCUT2D eigenvalue weighted by Crippen LogP contribution is 2.24. The second-order valence-electron chi connectivity index (χ2n) is 5.72. The summed E-state index contributed by atoms with van der Waals surface area (Å²) >= 11 is 7.41. The van der Waals surface area contributed by atoms with Crippen LogP contribution in [0.3, 0.4) is 0 Å². The van der Waals surface area contributed by atoms with E-state index < -0.39 is 0 Å². The van der Waals surface area contributed by atoms with Crippen LogP contribution in [0.15, 0.2) is 53.9 Å². The summed E-state index contributed by atoms with van der Waals surface area (Å²) in [5.41, 5.74) is 2.68. The number of nitrogens with one attached hydrogen (secondary N) is 2. The van der Waals surface area contributed by atoms with Crippen molar-refractivity contribution in [1.82, 2.24) is 10.3 Å². The normalized spacial score (nSPS) is 10.4. The van der Waals surface area contributed by atoms with Crippen molar-refractivity contribution in [2.75, 3.05) is 18.5 Å². The van der Waals surface area contributed by atoms with Crippen molar-refractivity contribution in [2.24, 2.45) is 0 Å². The Morgan fingerprint density at radius 2 is 1.89 bits per heavy atom. The van der Waals surface area contributed by atoms with Crippen LogP contribution in [0.4, 0.5) is 10.5 Å². The lowest BCUT2D eigenvalue weighted by Crippen LogP contribution is -2.30. The number of aromatic nitrogens is 1. The molecule has 0 atom stereocenters. The number of urea groups is 1. The Hall–Kier alpha value is -2.57. The zero-order valence-electron chi connectivity index (χ0n) is 14.9. The van der Waals surface area contributed by atoms with Gasteiger partial charge in [-0.2, -0.15) is 0 Å². The van der Waals surface area contributed by atoms with Gasteiger partial charge < -0.3 is 15.4 Å². The highest BCUT2D eigenvalue weighted by molar-refractivity contribution is 7.09. The molecule has 0 radical (unpaired) electrons. The molecule has 0 saturated heterocycles. The molecule has 3 rings (SSSR count). The number of halogens is 1. The van der Waals surface area contributed by atoms with Gasteiger partial charge in [-0.3, -0.25) is 0 Å². The van der Waals surface area contributed by atoms with Gasteiger partial charge in [-0.05, 0) is 55.5 Å². The van der Waals surface area contributed by atoms with Gasteiger partial charge in [-0.1, -0.05) is 11.6 Å². The van der Waals surface area contributed by atoms with Crippen LogP contribution in [0.2, 0.25) is 5.02 Å². The van der Waals surface area contributed by atoms with Gasteiger partial charge in [0.15, 0.2) is 0 Å². The van der Waals surface area contributed by atoms with E-state index in [2.05, 4.69) is 15.6 Å². The summed E-state index contributed by atoms with van der Waals surface area (Å²) in [6.45, 7) is 3.12. The molecule has 0 aliphatic rings. The van der Waals surface area contributed by atoms with E-state index in [-0.39, 0.29) is 6.03 Å². The largest absolute Gasteiger partial charge is 0.494 e. The summed E-state index contributed by atoms with van der Waals surface area (Å²) < 4.78 is 5.46. The third kappa shape index (κ3) is 5.70. The molecule has 2 amide bonds. The number of ether oxygens (including phenoxy) is 1. The fraction of sp³-hybridized carbons (Fsp3) is 0.200. The van der Waals surface area contributed by atoms with E-state index >= 15 is 0 Å². The van der Waals surface area contributed by atoms with E-state index in [1.165, 1.54) is 0 Å². The van der Waals surface area contributed by atoms with Crippen LogP contribution in [0, 0.1) is 0 Å². The molecule has 7 heteroatoms. The van der Waals surface area contributed by atoms with Crippen molar-refractivity contribution in [3.05, 3.63) is 63.9 Å². The summed E-state index contributed by atoms with van der Waals surface area (Å²) in [6.07, 6.45) is 0.676. The number of hydrogen-bond donors (Lipinski definition) is 2. The molecule has 140 valence electrons. The lowest BCUT2D eigenvalue weighted by atomic mass is 10.2. The van der Waals surface area contributed by atoms with Crippen LogP contribution < -0.4 is 15.4 Å². The van der Waals surface area contributed by atoms with Gasteiger partial charge in [0.05, 0.1) is 17.3 Å². The van der Waals surface area contributed by atoms with Crippen LogP contribution in [0.1, 0.15) is 11.9 Å². The van der Waals surface area contributed by atoms with E-state index in [0.29, 0.717) is 30.3 Å². The van der Waals surface area contributed by atoms with Crippen LogP contribution in [0.25, 0.3) is 11.3 Å². The summed E-state index contributed by atoms with van der Waals surface area (Å²) in [6, 6.07) is 14.6. The standard InChI is InChI=1S/C20H20ClN3O2S/c1-2-26-17-9-3-14(4-10-17)18-13-27-19(24-18)11-12-22-20(25)23-16-7-5-15(21)6-8-16/h3-10,13H,2,11-12H2,1H3,(H2,22,23,25). The zero-order chi connectivity index (χ0) is 19.1. The molecule has 0 fully saturated rings. The number of benzene rings is 2. The van der Waals surface area contributed by atoms with Crippen molar-refractivity contribution >= 4 is 34.7 Å². The van der Waals surface area contributed by atoms with Crippen LogP contribution >= 0.6 is 22.9 Å². The Morgan fingerprint density at radius 1 is 1.15 bits per heavy atom. The monoisotopic (exact) mass is 401 g/mol. The van der Waals surface area contributed by atoms with E-state index in [0.717, 1.165) is 22.0 Å². The minimum absolute atomic E-state index is 0.249. The van der Waals surface area contributed by atoms with Crippen molar-refractivity contribution in [2.45, 2.75) is 13.3 Å². The van der Waals surface area contributed by atoms with Gasteiger partial charge in [-0.25, -0.2) is 9.78 Å². The highest BCUT2D eigenvalue weighted by Gasteiger charge is 2.06. The predicted octanol–water partition coefficient (Wildman–Crippen LogP) is 5.23. The predicted molar refractivity (Wildman–Crippen MR) is 111 cm³/mol. The molecule has 0 bridgehead atoms. The van der Waals surface area contributed by atoms with Crippen LogP contribution in [0.5, 0.6) is 5.75 Å². The fourth-order valence-corrected chi connectivity index (χ4v) is 3.37. The first-order valence-corrected chi connectivity index (χ1v) is 9.88. The van der Waals surface area contributed by atoms with E-state index in [1.807, 2.05) is 36.6 Å². The quantitative estimate of drug-likeness (QED) is 0.570. The highest BCUT2D eigenvalue weighted by atomic mass is 35.5. The number of nitrogens with zero attached hydrogens (tertiary/aromatic N) is 1. The fourth-order valence-electron chi connectivity index (χ4n) is 2.44. The second kappa shape index (κ2) is 9.39. The van der Waals surface area contributed by atoms with Crippen molar-refractivity contribution in [1.29, 1.82) is 0 Å². The molecule has 5 nitrogen and oxygen atoms in total. The first-order valence-electron chi connectivity index (χ1n) is 8.62. The number of carbonyl (C=O) groups excluding carboxylic acids is 1. The minimum atomic E-state index is -0.249. The molecular weight excluding hydrogens is 382 g/mol. The smallest absolute Gasteiger partial charge is 0.319 e. The van der Waals surface area contributed by atoms with Gasteiger partial charge in [0.25, 0.3) is 0 Å². The third-order valence-corrected chi connectivity index (χ3v) is 4.90. The number of rotatable bonds is 7. The summed E-state index contributed by atoms with van der Waals surface area (Å²) in [5, 5.41) is 9.23. The van der Waals surface area contributed by atoms with Gasteiger partial charge in [-0.15, -0.1) is 11.3 Å². The van der Waals surface area contributed by atoms with Gasteiger partial charge in [0.1, 0.15) is 5.75 Å². The first kappa shape index (κ1) is 19.2. The molecule has 0 aliphatic carbocycles. The van der Waals surface area contributed by atoms with Gasteiger partial charge >= 0.3 is 6.03 Å². The second-order valence-corrected chi connectivity index (χ2v) is 7.10. The Bertz CT molecular complexity index is 879. The van der Waals surface area contributed by atoms with Crippen molar-refractivity contribution in [3.63, 3.8) is 0 Å². The molecular formula is C20H20ClN3O2S. The molecule has 1 aromatic heterocycles. The lowest BCUT2D eigenvalue weighted by molar-refractivity contribution is 0.252. The van der Waals surface area contributed by atoms with Crippen LogP contribution in [-0.4, -0.2) is 24.2 Å². The Balaban J connectivity index is 1.47. The summed E-state index contributed by atoms with van der Waals surface area (Å²) in [7, 11) is 0. The number of amides is 2. The number of anilines is 1. The minimum Gasteiger partial charge on any atom is -0.494 e. The number of carbonyl (C=O) groups is 1. The Labute approximate surface area is 167 Å². The van der Waals surface area contributed by atoms with E-state index in [9.17, 15) is 4.79 Å². The molecule has 3 aromatic rings. The average Bonchev–Trinajstić information content (AvgIpc) is 3.13. The van der Waals surface area contributed by atoms with Crippen molar-refractivity contribution in [3.8, 4) is 17.0 Å². The van der Waals surface area contributed by atoms with E-state index in [1.54, 1.807) is 35.6 Å². The van der Waals surface area contributed by atoms with Gasteiger partial charge in [0, 0.05) is 34.6 Å². The molecule has 1 heterocycles. The van der Waals surface area contributed by atoms with Crippen LogP contribution in [-0.2, 0) is 6.42 Å². The average molecular weight is 402 g/mol. The van der Waals surface area contributed by atoms with Gasteiger partial charge in [0.2, 0.25) is 0 Å². The number of hydrogen-bond acceptors (Lipinski definition) is 4. The topological polar surface area (TPSA) is 63.2 Å². The first-order chi connectivity index (χ1) is 13.1. The number of thiazole rings is 1. The summed E-state index contributed by atoms with van der Waals surface area (Å²) in [5.74, 6) is 0.854. The third-order valence-electron chi connectivity index (χ3n) is 3.74. The maximum Gasteiger partial charge on any atom is 0.319 e. The van der Waals surface area contributed by atoms with Crippen molar-refractivity contribution < 1.29 is 9.53 Å². The molecule has 2 aromatic carbocycles. The molecule has 0 saturated carbocycles. The molecule has 2 N–H and O–H groups in total. The Morgan fingerprint density at radius 3 is 2.59 bits per heavy atom. The SMILES string of the molecule is CCOc1ccc(-c2csc(CCNC(=O)Nc3ccc(Cl)cc3)n2)cc1. The van der Waals surface area contributed by atoms with E-state index in [4.69, 9.17) is 16.3 Å². The molecule has 0 spiro atoms. The maximum absolute atomic E-state index is 11.9. The molecule has 0 aliphatic heterocycles. The lowest BCUT2D eigenvalue weighted by Gasteiger charge is -2.06. The summed E-state index contributed by atoms with van der Waals surface area (Å²) in [4.78, 5) is 16.6. The molecule has 0 unspecified atom stereocenters. The Kier molecular flexibility index (Phi) is 6.68. The zero-order valence-corrected chi connectivity index (χ0v) is 16.4. The molecule has 27 heavy (non-hydrogen) atoms.